The summed E-state index contributed by atoms with van der Waals surface area (Å²) in [6.45, 7) is 1.87. The maximum atomic E-state index is 12.2. The number of halogens is 1. The molecule has 0 radical (unpaired) electrons. The van der Waals surface area contributed by atoms with Crippen LogP contribution in [0, 0.1) is 0 Å². The van der Waals surface area contributed by atoms with Crippen LogP contribution in [0.2, 0.25) is 5.02 Å². The maximum Gasteiger partial charge on any atom is 0.270 e. The summed E-state index contributed by atoms with van der Waals surface area (Å²) in [4.78, 5) is 20.5. The normalized spacial score (nSPS) is 10.4. The van der Waals surface area contributed by atoms with E-state index in [2.05, 4.69) is 20.6 Å². The number of ether oxygens (including phenoxy) is 1. The molecule has 0 aliphatic rings. The van der Waals surface area contributed by atoms with Gasteiger partial charge in [0, 0.05) is 38.0 Å². The Hall–Kier alpha value is -2.18. The lowest BCUT2D eigenvalue weighted by atomic mass is 10.1. The molecule has 2 N–H and O–H groups in total. The number of methoxy groups -OCH3 is 1. The molecular formula is C17H21ClN4O2. The number of rotatable bonds is 9. The largest absolute Gasteiger partial charge is 0.385 e. The number of nitrogens with one attached hydrogen (secondary N) is 2. The minimum Gasteiger partial charge on any atom is -0.385 e. The summed E-state index contributed by atoms with van der Waals surface area (Å²) in [5.74, 6) is 0.216. The fourth-order valence-electron chi connectivity index (χ4n) is 2.09. The molecule has 6 nitrogen and oxygen atoms in total. The Morgan fingerprint density at radius 1 is 1.29 bits per heavy atom. The van der Waals surface area contributed by atoms with Crippen LogP contribution in [-0.2, 0) is 11.2 Å². The molecule has 0 fully saturated rings. The molecule has 0 saturated carbocycles. The molecule has 1 heterocycles. The van der Waals surface area contributed by atoms with Gasteiger partial charge in [0.25, 0.3) is 5.91 Å². The molecule has 0 aliphatic carbocycles. The number of hydrogen-bond acceptors (Lipinski definition) is 5. The first kappa shape index (κ1) is 18.2. The second-order valence-corrected chi connectivity index (χ2v) is 5.61. The highest BCUT2D eigenvalue weighted by Crippen LogP contribution is 2.10. The van der Waals surface area contributed by atoms with Crippen LogP contribution in [0.5, 0.6) is 0 Å². The molecule has 2 rings (SSSR count). The number of carbonyl (C=O) groups excluding carboxylic acids is 1. The summed E-state index contributed by atoms with van der Waals surface area (Å²) in [5.41, 5.74) is 1.41. The van der Waals surface area contributed by atoms with E-state index in [0.29, 0.717) is 42.8 Å². The molecule has 128 valence electrons. The summed E-state index contributed by atoms with van der Waals surface area (Å²) in [6.07, 6.45) is 3.12. The van der Waals surface area contributed by atoms with Crippen molar-refractivity contribution in [3.05, 3.63) is 52.8 Å². The van der Waals surface area contributed by atoms with Crippen LogP contribution < -0.4 is 10.6 Å². The molecule has 1 aromatic heterocycles. The number of amides is 1. The van der Waals surface area contributed by atoms with Crippen LogP contribution in [0.15, 0.2) is 36.5 Å². The number of aromatic nitrogens is 2. The van der Waals surface area contributed by atoms with Gasteiger partial charge >= 0.3 is 0 Å². The standard InChI is InChI=1S/C17H21ClN4O2/c1-24-11-3-8-20-17-21-10-7-15(22-17)16(23)19-9-6-13-4-2-5-14(18)12-13/h2,4-5,7,10,12H,3,6,8-9,11H2,1H3,(H,19,23)(H,20,21,22). The van der Waals surface area contributed by atoms with E-state index in [1.807, 2.05) is 24.3 Å². The van der Waals surface area contributed by atoms with Crippen LogP contribution in [0.3, 0.4) is 0 Å². The molecule has 0 spiro atoms. The Labute approximate surface area is 146 Å². The van der Waals surface area contributed by atoms with Crippen molar-refractivity contribution in [2.75, 3.05) is 32.1 Å². The third-order valence-corrected chi connectivity index (χ3v) is 3.52. The monoisotopic (exact) mass is 348 g/mol. The van der Waals surface area contributed by atoms with Gasteiger partial charge in [-0.15, -0.1) is 0 Å². The van der Waals surface area contributed by atoms with E-state index in [1.54, 1.807) is 19.4 Å². The first-order valence-electron chi connectivity index (χ1n) is 7.77. The van der Waals surface area contributed by atoms with E-state index in [1.165, 1.54) is 0 Å². The average molecular weight is 349 g/mol. The highest BCUT2D eigenvalue weighted by Gasteiger charge is 2.08. The maximum absolute atomic E-state index is 12.2. The number of benzene rings is 1. The van der Waals surface area contributed by atoms with Gasteiger partial charge in [-0.25, -0.2) is 9.97 Å². The van der Waals surface area contributed by atoms with E-state index >= 15 is 0 Å². The molecule has 0 atom stereocenters. The Kier molecular flexibility index (Phi) is 7.45. The predicted octanol–water partition coefficient (Wildman–Crippen LogP) is 2.55. The van der Waals surface area contributed by atoms with Crippen molar-refractivity contribution >= 4 is 23.5 Å². The zero-order valence-electron chi connectivity index (χ0n) is 13.6. The first-order valence-corrected chi connectivity index (χ1v) is 8.15. The molecule has 2 aromatic rings. The van der Waals surface area contributed by atoms with Crippen molar-refractivity contribution in [1.82, 2.24) is 15.3 Å². The summed E-state index contributed by atoms with van der Waals surface area (Å²) < 4.78 is 4.98. The summed E-state index contributed by atoms with van der Waals surface area (Å²) in [6, 6.07) is 9.18. The topological polar surface area (TPSA) is 76.1 Å². The van der Waals surface area contributed by atoms with Gasteiger partial charge in [0.1, 0.15) is 5.69 Å². The molecule has 0 unspecified atom stereocenters. The van der Waals surface area contributed by atoms with E-state index < -0.39 is 0 Å². The zero-order valence-corrected chi connectivity index (χ0v) is 14.3. The molecule has 0 bridgehead atoms. The van der Waals surface area contributed by atoms with Crippen LogP contribution in [0.1, 0.15) is 22.5 Å². The average Bonchev–Trinajstić information content (AvgIpc) is 2.59. The Morgan fingerprint density at radius 2 is 2.17 bits per heavy atom. The highest BCUT2D eigenvalue weighted by atomic mass is 35.5. The van der Waals surface area contributed by atoms with Crippen molar-refractivity contribution in [2.24, 2.45) is 0 Å². The summed E-state index contributed by atoms with van der Waals surface area (Å²) in [7, 11) is 1.66. The first-order chi connectivity index (χ1) is 11.7. The van der Waals surface area contributed by atoms with E-state index in [-0.39, 0.29) is 5.91 Å². The summed E-state index contributed by atoms with van der Waals surface area (Å²) in [5, 5.41) is 6.61. The van der Waals surface area contributed by atoms with E-state index in [0.717, 1.165) is 12.0 Å². The van der Waals surface area contributed by atoms with Gasteiger partial charge in [-0.3, -0.25) is 4.79 Å². The fraction of sp³-hybridized carbons (Fsp3) is 0.353. The second kappa shape index (κ2) is 9.85. The van der Waals surface area contributed by atoms with Crippen molar-refractivity contribution in [3.63, 3.8) is 0 Å². The third kappa shape index (κ3) is 6.14. The number of carbonyl (C=O) groups is 1. The van der Waals surface area contributed by atoms with Gasteiger partial charge < -0.3 is 15.4 Å². The second-order valence-electron chi connectivity index (χ2n) is 5.17. The number of hydrogen-bond donors (Lipinski definition) is 2. The van der Waals surface area contributed by atoms with Gasteiger partial charge in [0.2, 0.25) is 5.95 Å². The molecule has 1 aromatic carbocycles. The molecular weight excluding hydrogens is 328 g/mol. The van der Waals surface area contributed by atoms with Gasteiger partial charge in [-0.2, -0.15) is 0 Å². The minimum atomic E-state index is -0.223. The quantitative estimate of drug-likeness (QED) is 0.681. The van der Waals surface area contributed by atoms with Crippen LogP contribution in [-0.4, -0.2) is 42.7 Å². The number of nitrogens with zero attached hydrogens (tertiary/aromatic N) is 2. The zero-order chi connectivity index (χ0) is 17.2. The lowest BCUT2D eigenvalue weighted by Gasteiger charge is -2.07. The SMILES string of the molecule is COCCCNc1nccc(C(=O)NCCc2cccc(Cl)c2)n1. The Bertz CT molecular complexity index is 667. The predicted molar refractivity (Wildman–Crippen MR) is 94.5 cm³/mol. The minimum absolute atomic E-state index is 0.223. The van der Waals surface area contributed by atoms with Crippen LogP contribution in [0.4, 0.5) is 5.95 Å². The summed E-state index contributed by atoms with van der Waals surface area (Å²) >= 11 is 5.94. The number of anilines is 1. The van der Waals surface area contributed by atoms with Crippen molar-refractivity contribution in [1.29, 1.82) is 0 Å². The van der Waals surface area contributed by atoms with E-state index in [4.69, 9.17) is 16.3 Å². The lowest BCUT2D eigenvalue weighted by Crippen LogP contribution is -2.27. The van der Waals surface area contributed by atoms with Crippen LogP contribution >= 0.6 is 11.6 Å². The van der Waals surface area contributed by atoms with Gasteiger partial charge in [-0.1, -0.05) is 23.7 Å². The molecule has 7 heteroatoms. The molecule has 0 saturated heterocycles. The fourth-order valence-corrected chi connectivity index (χ4v) is 2.30. The van der Waals surface area contributed by atoms with Gasteiger partial charge in [-0.05, 0) is 36.6 Å². The van der Waals surface area contributed by atoms with Crippen molar-refractivity contribution < 1.29 is 9.53 Å². The third-order valence-electron chi connectivity index (χ3n) is 3.28. The van der Waals surface area contributed by atoms with Gasteiger partial charge in [0.15, 0.2) is 0 Å². The van der Waals surface area contributed by atoms with E-state index in [9.17, 15) is 4.79 Å². The molecule has 0 aliphatic heterocycles. The molecule has 24 heavy (non-hydrogen) atoms. The Morgan fingerprint density at radius 3 is 2.96 bits per heavy atom. The molecule has 1 amide bonds. The van der Waals surface area contributed by atoms with Gasteiger partial charge in [0.05, 0.1) is 0 Å². The van der Waals surface area contributed by atoms with Crippen LogP contribution in [0.25, 0.3) is 0 Å². The van der Waals surface area contributed by atoms with Crippen molar-refractivity contribution in [2.45, 2.75) is 12.8 Å². The Balaban J connectivity index is 1.81. The van der Waals surface area contributed by atoms with Crippen molar-refractivity contribution in [3.8, 4) is 0 Å². The smallest absolute Gasteiger partial charge is 0.270 e. The highest BCUT2D eigenvalue weighted by molar-refractivity contribution is 6.30. The lowest BCUT2D eigenvalue weighted by molar-refractivity contribution is 0.0949.